The van der Waals surface area contributed by atoms with E-state index in [2.05, 4.69) is 9.71 Å². The number of nitrogens with one attached hydrogen (secondary N) is 1. The minimum atomic E-state index is -4.05. The summed E-state index contributed by atoms with van der Waals surface area (Å²) in [6, 6.07) is 6.06. The van der Waals surface area contributed by atoms with E-state index in [-0.39, 0.29) is 34.0 Å². The zero-order valence-electron chi connectivity index (χ0n) is 13.5. The van der Waals surface area contributed by atoms with E-state index in [4.69, 9.17) is 17.3 Å². The van der Waals surface area contributed by atoms with E-state index >= 15 is 0 Å². The quantitative estimate of drug-likeness (QED) is 0.794. The Morgan fingerprint density at radius 2 is 2.04 bits per heavy atom. The summed E-state index contributed by atoms with van der Waals surface area (Å²) in [4.78, 5) is 17.5. The number of carbonyl (C=O) groups excluding carboxylic acids is 1. The second kappa shape index (κ2) is 7.18. The summed E-state index contributed by atoms with van der Waals surface area (Å²) in [7, 11) is -4.05. The van der Waals surface area contributed by atoms with E-state index in [9.17, 15) is 17.6 Å². The fraction of sp³-hybridized carbons (Fsp3) is 0.250. The average molecular weight is 399 g/mol. The van der Waals surface area contributed by atoms with Gasteiger partial charge in [-0.2, -0.15) is 4.72 Å². The second-order valence-corrected chi connectivity index (χ2v) is 8.00. The minimum absolute atomic E-state index is 0.121. The number of benzene rings is 1. The Bertz CT molecular complexity index is 937. The van der Waals surface area contributed by atoms with E-state index in [1.54, 1.807) is 12.1 Å². The molecule has 0 aliphatic carbocycles. The molecule has 1 atom stereocenters. The maximum absolute atomic E-state index is 13.0. The number of rotatable bonds is 5. The van der Waals surface area contributed by atoms with Crippen molar-refractivity contribution in [2.45, 2.75) is 23.9 Å². The zero-order valence-corrected chi connectivity index (χ0v) is 15.1. The number of likely N-dealkylation sites (tertiary alicyclic amines) is 1. The van der Waals surface area contributed by atoms with Gasteiger partial charge in [-0.15, -0.1) is 0 Å². The largest absolute Gasteiger partial charge is 0.383 e. The number of amides is 1. The molecule has 1 aromatic heterocycles. The molecule has 7 nitrogen and oxygen atoms in total. The van der Waals surface area contributed by atoms with Gasteiger partial charge in [-0.3, -0.25) is 4.79 Å². The SMILES string of the molecule is Nc1ncc(Cl)cc1S(=O)(=O)NC1CCN(Cc2ccc(F)cc2)C1=O. The van der Waals surface area contributed by atoms with Crippen LogP contribution in [-0.4, -0.2) is 36.8 Å². The van der Waals surface area contributed by atoms with Crippen LogP contribution < -0.4 is 10.5 Å². The Balaban J connectivity index is 1.72. The molecular weight excluding hydrogens is 383 g/mol. The lowest BCUT2D eigenvalue weighted by Crippen LogP contribution is -2.41. The number of carbonyl (C=O) groups is 1. The van der Waals surface area contributed by atoms with Crippen LogP contribution in [0.4, 0.5) is 10.2 Å². The average Bonchev–Trinajstić information content (AvgIpc) is 2.92. The third-order valence-corrected chi connectivity index (χ3v) is 5.73. The van der Waals surface area contributed by atoms with Gasteiger partial charge in [0.05, 0.1) is 5.02 Å². The van der Waals surface area contributed by atoms with Crippen molar-refractivity contribution in [3.05, 3.63) is 52.9 Å². The van der Waals surface area contributed by atoms with Crippen LogP contribution in [-0.2, 0) is 21.4 Å². The van der Waals surface area contributed by atoms with E-state index in [0.29, 0.717) is 13.0 Å². The fourth-order valence-electron chi connectivity index (χ4n) is 2.71. The normalized spacial score (nSPS) is 17.7. The summed E-state index contributed by atoms with van der Waals surface area (Å²) in [6.45, 7) is 0.658. The molecule has 1 fully saturated rings. The summed E-state index contributed by atoms with van der Waals surface area (Å²) in [6.07, 6.45) is 1.55. The van der Waals surface area contributed by atoms with Crippen molar-refractivity contribution < 1.29 is 17.6 Å². The van der Waals surface area contributed by atoms with Crippen molar-refractivity contribution in [2.75, 3.05) is 12.3 Å². The number of hydrogen-bond donors (Lipinski definition) is 2. The van der Waals surface area contributed by atoms with Crippen LogP contribution in [0.3, 0.4) is 0 Å². The van der Waals surface area contributed by atoms with E-state index in [1.807, 2.05) is 0 Å². The number of pyridine rings is 1. The van der Waals surface area contributed by atoms with Crippen molar-refractivity contribution in [3.63, 3.8) is 0 Å². The highest BCUT2D eigenvalue weighted by Gasteiger charge is 2.35. The molecule has 1 aliphatic heterocycles. The topological polar surface area (TPSA) is 105 Å². The molecule has 2 heterocycles. The van der Waals surface area contributed by atoms with Gasteiger partial charge in [0.2, 0.25) is 15.9 Å². The zero-order chi connectivity index (χ0) is 18.9. The molecule has 26 heavy (non-hydrogen) atoms. The first-order chi connectivity index (χ1) is 12.3. The summed E-state index contributed by atoms with van der Waals surface area (Å²) in [5.74, 6) is -0.915. The van der Waals surface area contributed by atoms with Gasteiger partial charge >= 0.3 is 0 Å². The van der Waals surface area contributed by atoms with Crippen molar-refractivity contribution >= 4 is 33.3 Å². The molecule has 0 spiro atoms. The number of halogens is 2. The van der Waals surface area contributed by atoms with Crippen LogP contribution in [0.5, 0.6) is 0 Å². The fourth-order valence-corrected chi connectivity index (χ4v) is 4.27. The molecule has 1 unspecified atom stereocenters. The summed E-state index contributed by atoms with van der Waals surface area (Å²) in [5.41, 5.74) is 6.37. The monoisotopic (exact) mass is 398 g/mol. The Kier molecular flexibility index (Phi) is 5.12. The van der Waals surface area contributed by atoms with Gasteiger partial charge in [-0.25, -0.2) is 17.8 Å². The van der Waals surface area contributed by atoms with Crippen molar-refractivity contribution in [1.29, 1.82) is 0 Å². The second-order valence-electron chi connectivity index (χ2n) is 5.89. The van der Waals surface area contributed by atoms with Gasteiger partial charge in [0, 0.05) is 19.3 Å². The molecule has 2 aromatic rings. The van der Waals surface area contributed by atoms with Crippen LogP contribution in [0, 0.1) is 5.82 Å². The molecule has 1 aliphatic rings. The molecule has 0 bridgehead atoms. The van der Waals surface area contributed by atoms with Crippen LogP contribution in [0.2, 0.25) is 5.02 Å². The van der Waals surface area contributed by atoms with Crippen molar-refractivity contribution in [2.24, 2.45) is 0 Å². The smallest absolute Gasteiger partial charge is 0.245 e. The van der Waals surface area contributed by atoms with Gasteiger partial charge in [-0.05, 0) is 30.2 Å². The summed E-state index contributed by atoms with van der Waals surface area (Å²) >= 11 is 5.78. The first-order valence-corrected chi connectivity index (χ1v) is 9.59. The van der Waals surface area contributed by atoms with Gasteiger partial charge < -0.3 is 10.6 Å². The molecule has 1 saturated heterocycles. The highest BCUT2D eigenvalue weighted by molar-refractivity contribution is 7.89. The first-order valence-electron chi connectivity index (χ1n) is 7.73. The molecule has 3 N–H and O–H groups in total. The third-order valence-electron chi connectivity index (χ3n) is 4.02. The number of nitrogen functional groups attached to an aromatic ring is 1. The van der Waals surface area contributed by atoms with Crippen LogP contribution in [0.25, 0.3) is 0 Å². The molecule has 3 rings (SSSR count). The van der Waals surface area contributed by atoms with E-state index < -0.39 is 16.1 Å². The maximum Gasteiger partial charge on any atom is 0.245 e. The molecule has 10 heteroatoms. The van der Waals surface area contributed by atoms with Crippen LogP contribution >= 0.6 is 11.6 Å². The van der Waals surface area contributed by atoms with Gasteiger partial charge in [0.15, 0.2) is 0 Å². The number of hydrogen-bond acceptors (Lipinski definition) is 5. The van der Waals surface area contributed by atoms with E-state index in [1.165, 1.54) is 29.3 Å². The van der Waals surface area contributed by atoms with Crippen molar-refractivity contribution in [1.82, 2.24) is 14.6 Å². The molecule has 0 radical (unpaired) electrons. The number of aromatic nitrogens is 1. The Morgan fingerprint density at radius 1 is 1.35 bits per heavy atom. The minimum Gasteiger partial charge on any atom is -0.383 e. The first kappa shape index (κ1) is 18.6. The van der Waals surface area contributed by atoms with Gasteiger partial charge in [0.25, 0.3) is 0 Å². The Hall–Kier alpha value is -2.23. The maximum atomic E-state index is 13.0. The lowest BCUT2D eigenvalue weighted by molar-refractivity contribution is -0.129. The molecule has 0 saturated carbocycles. The van der Waals surface area contributed by atoms with Crippen LogP contribution in [0.15, 0.2) is 41.4 Å². The Labute approximate surface area is 155 Å². The standard InChI is InChI=1S/C16H16ClFN4O3S/c17-11-7-14(15(19)20-8-11)26(24,25)21-13-5-6-22(16(13)23)9-10-1-3-12(18)4-2-10/h1-4,7-8,13,21H,5-6,9H2,(H2,19,20). The summed E-state index contributed by atoms with van der Waals surface area (Å²) < 4.78 is 40.3. The van der Waals surface area contributed by atoms with Gasteiger partial charge in [-0.1, -0.05) is 23.7 Å². The summed E-state index contributed by atoms with van der Waals surface area (Å²) in [5, 5.41) is 0.121. The number of nitrogens with zero attached hydrogens (tertiary/aromatic N) is 2. The lowest BCUT2D eigenvalue weighted by Gasteiger charge is -2.17. The van der Waals surface area contributed by atoms with Gasteiger partial charge in [0.1, 0.15) is 22.6 Å². The highest BCUT2D eigenvalue weighted by atomic mass is 35.5. The lowest BCUT2D eigenvalue weighted by atomic mass is 10.2. The predicted octanol–water partition coefficient (Wildman–Crippen LogP) is 1.54. The predicted molar refractivity (Wildman–Crippen MR) is 94.2 cm³/mol. The number of anilines is 1. The molecule has 1 amide bonds. The Morgan fingerprint density at radius 3 is 2.73 bits per heavy atom. The highest BCUT2D eigenvalue weighted by Crippen LogP contribution is 2.22. The number of nitrogens with two attached hydrogens (primary N) is 1. The van der Waals surface area contributed by atoms with Crippen LogP contribution in [0.1, 0.15) is 12.0 Å². The molecule has 1 aromatic carbocycles. The molecule has 138 valence electrons. The third kappa shape index (κ3) is 3.95. The van der Waals surface area contributed by atoms with Crippen molar-refractivity contribution in [3.8, 4) is 0 Å². The molecular formula is C16H16ClFN4O3S. The number of sulfonamides is 1. The van der Waals surface area contributed by atoms with E-state index in [0.717, 1.165) is 5.56 Å².